The van der Waals surface area contributed by atoms with Gasteiger partial charge in [0.05, 0.1) is 16.6 Å². The van der Waals surface area contributed by atoms with E-state index in [-0.39, 0.29) is 5.56 Å². The molecular formula is C16H10ClN3O. The summed E-state index contributed by atoms with van der Waals surface area (Å²) >= 11 is 5.90. The average molecular weight is 296 g/mol. The minimum atomic E-state index is -0.135. The topological polar surface area (TPSA) is 50.7 Å². The third-order valence-corrected chi connectivity index (χ3v) is 3.73. The monoisotopic (exact) mass is 295 g/mol. The summed E-state index contributed by atoms with van der Waals surface area (Å²) in [6, 6.07) is 15.0. The predicted octanol–water partition coefficient (Wildman–Crippen LogP) is 3.52. The van der Waals surface area contributed by atoms with Crippen LogP contribution in [0.4, 0.5) is 0 Å². The van der Waals surface area contributed by atoms with Gasteiger partial charge in [0, 0.05) is 16.6 Å². The molecule has 0 radical (unpaired) electrons. The normalized spacial score (nSPS) is 11.3. The minimum Gasteiger partial charge on any atom is -0.321 e. The van der Waals surface area contributed by atoms with Crippen molar-refractivity contribution in [2.24, 2.45) is 0 Å². The second-order valence-electron chi connectivity index (χ2n) is 4.81. The minimum absolute atomic E-state index is 0.135. The number of aromatic amines is 1. The van der Waals surface area contributed by atoms with E-state index in [1.165, 1.54) is 0 Å². The summed E-state index contributed by atoms with van der Waals surface area (Å²) in [5, 5.41) is 6.72. The lowest BCUT2D eigenvalue weighted by molar-refractivity contribution is 0.898. The molecule has 2 aromatic heterocycles. The maximum absolute atomic E-state index is 12.2. The molecule has 0 atom stereocenters. The van der Waals surface area contributed by atoms with Gasteiger partial charge in [-0.2, -0.15) is 5.10 Å². The highest BCUT2D eigenvalue weighted by Crippen LogP contribution is 2.21. The number of aromatic nitrogens is 3. The molecule has 0 bridgehead atoms. The first-order chi connectivity index (χ1) is 10.2. The Hall–Kier alpha value is -2.59. The van der Waals surface area contributed by atoms with Gasteiger partial charge in [-0.25, -0.2) is 4.68 Å². The first-order valence-corrected chi connectivity index (χ1v) is 6.86. The molecule has 0 fully saturated rings. The van der Waals surface area contributed by atoms with Crippen molar-refractivity contribution in [1.82, 2.24) is 14.8 Å². The summed E-state index contributed by atoms with van der Waals surface area (Å²) in [5.74, 6) is 0. The number of hydrogen-bond donors (Lipinski definition) is 1. The Kier molecular flexibility index (Phi) is 2.59. The third-order valence-electron chi connectivity index (χ3n) is 3.48. The van der Waals surface area contributed by atoms with Crippen LogP contribution < -0.4 is 5.56 Å². The third kappa shape index (κ3) is 1.92. The Bertz CT molecular complexity index is 1020. The van der Waals surface area contributed by atoms with Gasteiger partial charge in [-0.15, -0.1) is 0 Å². The van der Waals surface area contributed by atoms with Crippen LogP contribution in [0.1, 0.15) is 0 Å². The Morgan fingerprint density at radius 3 is 2.57 bits per heavy atom. The zero-order valence-corrected chi connectivity index (χ0v) is 11.6. The lowest BCUT2D eigenvalue weighted by Crippen LogP contribution is -2.04. The van der Waals surface area contributed by atoms with E-state index in [1.807, 2.05) is 36.4 Å². The molecule has 1 N–H and O–H groups in total. The smallest absolute Gasteiger partial charge is 0.259 e. The van der Waals surface area contributed by atoms with Crippen molar-refractivity contribution in [1.29, 1.82) is 0 Å². The Balaban J connectivity index is 2.05. The van der Waals surface area contributed by atoms with Gasteiger partial charge < -0.3 is 4.98 Å². The quantitative estimate of drug-likeness (QED) is 0.584. The number of rotatable bonds is 1. The van der Waals surface area contributed by atoms with Crippen molar-refractivity contribution < 1.29 is 0 Å². The first-order valence-electron chi connectivity index (χ1n) is 6.49. The fourth-order valence-electron chi connectivity index (χ4n) is 2.45. The van der Waals surface area contributed by atoms with Crippen molar-refractivity contribution in [3.05, 3.63) is 70.1 Å². The molecule has 5 heteroatoms. The summed E-state index contributed by atoms with van der Waals surface area (Å²) in [4.78, 5) is 15.0. The van der Waals surface area contributed by atoms with E-state index in [0.717, 1.165) is 16.6 Å². The SMILES string of the molecule is O=c1[nH]c2ccccc2c2nn(-c3ccc(Cl)cc3)cc12. The fourth-order valence-corrected chi connectivity index (χ4v) is 2.58. The van der Waals surface area contributed by atoms with Gasteiger partial charge in [0.25, 0.3) is 5.56 Å². The summed E-state index contributed by atoms with van der Waals surface area (Å²) < 4.78 is 1.70. The highest BCUT2D eigenvalue weighted by Gasteiger charge is 2.10. The molecule has 0 spiro atoms. The van der Waals surface area contributed by atoms with E-state index < -0.39 is 0 Å². The van der Waals surface area contributed by atoms with E-state index in [4.69, 9.17) is 11.6 Å². The Labute approximate surface area is 124 Å². The molecular weight excluding hydrogens is 286 g/mol. The number of pyridine rings is 1. The van der Waals surface area contributed by atoms with E-state index in [9.17, 15) is 4.79 Å². The van der Waals surface area contributed by atoms with Crippen LogP contribution in [0.5, 0.6) is 0 Å². The number of benzene rings is 2. The van der Waals surface area contributed by atoms with E-state index in [1.54, 1.807) is 23.0 Å². The second kappa shape index (κ2) is 4.46. The molecule has 0 aliphatic carbocycles. The molecule has 4 aromatic rings. The molecule has 0 saturated carbocycles. The fraction of sp³-hybridized carbons (Fsp3) is 0. The molecule has 0 aliphatic rings. The van der Waals surface area contributed by atoms with Gasteiger partial charge >= 0.3 is 0 Å². The van der Waals surface area contributed by atoms with Crippen LogP contribution in [0, 0.1) is 0 Å². The summed E-state index contributed by atoms with van der Waals surface area (Å²) in [6.07, 6.45) is 1.74. The lowest BCUT2D eigenvalue weighted by atomic mass is 10.2. The van der Waals surface area contributed by atoms with E-state index >= 15 is 0 Å². The molecule has 102 valence electrons. The van der Waals surface area contributed by atoms with Gasteiger partial charge in [-0.1, -0.05) is 29.8 Å². The van der Waals surface area contributed by atoms with Crippen molar-refractivity contribution in [2.45, 2.75) is 0 Å². The predicted molar refractivity (Wildman–Crippen MR) is 84.2 cm³/mol. The average Bonchev–Trinajstić information content (AvgIpc) is 2.94. The van der Waals surface area contributed by atoms with Crippen LogP contribution in [-0.2, 0) is 0 Å². The number of halogens is 1. The summed E-state index contributed by atoms with van der Waals surface area (Å²) in [5.41, 5.74) is 2.21. The number of nitrogens with zero attached hydrogens (tertiary/aromatic N) is 2. The molecule has 4 nitrogen and oxygen atoms in total. The first kappa shape index (κ1) is 12.2. The molecule has 0 saturated heterocycles. The lowest BCUT2D eigenvalue weighted by Gasteiger charge is -2.00. The number of nitrogens with one attached hydrogen (secondary N) is 1. The molecule has 21 heavy (non-hydrogen) atoms. The molecule has 2 heterocycles. The number of fused-ring (bicyclic) bond motifs is 3. The second-order valence-corrected chi connectivity index (χ2v) is 5.25. The molecule has 4 rings (SSSR count). The van der Waals surface area contributed by atoms with Gasteiger partial charge in [-0.05, 0) is 30.3 Å². The maximum Gasteiger partial charge on any atom is 0.259 e. The van der Waals surface area contributed by atoms with Crippen LogP contribution >= 0.6 is 11.6 Å². The van der Waals surface area contributed by atoms with Gasteiger partial charge in [-0.3, -0.25) is 4.79 Å². The highest BCUT2D eigenvalue weighted by molar-refractivity contribution is 6.30. The van der Waals surface area contributed by atoms with E-state index in [2.05, 4.69) is 10.1 Å². The van der Waals surface area contributed by atoms with Crippen LogP contribution in [0.3, 0.4) is 0 Å². The summed E-state index contributed by atoms with van der Waals surface area (Å²) in [7, 11) is 0. The van der Waals surface area contributed by atoms with Crippen molar-refractivity contribution in [3.63, 3.8) is 0 Å². The molecule has 0 unspecified atom stereocenters. The zero-order valence-electron chi connectivity index (χ0n) is 10.9. The number of hydrogen-bond acceptors (Lipinski definition) is 2. The van der Waals surface area contributed by atoms with Crippen LogP contribution in [0.15, 0.2) is 59.5 Å². The van der Waals surface area contributed by atoms with Crippen molar-refractivity contribution in [2.75, 3.05) is 0 Å². The highest BCUT2D eigenvalue weighted by atomic mass is 35.5. The van der Waals surface area contributed by atoms with Crippen LogP contribution in [-0.4, -0.2) is 14.8 Å². The van der Waals surface area contributed by atoms with Gasteiger partial charge in [0.1, 0.15) is 5.52 Å². The van der Waals surface area contributed by atoms with Crippen LogP contribution in [0.25, 0.3) is 27.5 Å². The van der Waals surface area contributed by atoms with Gasteiger partial charge in [0.2, 0.25) is 0 Å². The van der Waals surface area contributed by atoms with Gasteiger partial charge in [0.15, 0.2) is 0 Å². The molecule has 0 aliphatic heterocycles. The standard InChI is InChI=1S/C16H10ClN3O/c17-10-5-7-11(8-6-10)20-9-13-15(19-20)12-3-1-2-4-14(12)18-16(13)21/h1-9H,(H,18,21). The van der Waals surface area contributed by atoms with Crippen LogP contribution in [0.2, 0.25) is 5.02 Å². The summed E-state index contributed by atoms with van der Waals surface area (Å²) in [6.45, 7) is 0. The maximum atomic E-state index is 12.2. The number of para-hydroxylation sites is 1. The number of H-pyrrole nitrogens is 1. The van der Waals surface area contributed by atoms with E-state index in [0.29, 0.717) is 15.9 Å². The van der Waals surface area contributed by atoms with Crippen molar-refractivity contribution >= 4 is 33.4 Å². The Morgan fingerprint density at radius 1 is 1.00 bits per heavy atom. The zero-order chi connectivity index (χ0) is 14.4. The molecule has 0 amide bonds. The molecule has 2 aromatic carbocycles. The Morgan fingerprint density at radius 2 is 1.76 bits per heavy atom. The van der Waals surface area contributed by atoms with Crippen molar-refractivity contribution in [3.8, 4) is 5.69 Å². The largest absolute Gasteiger partial charge is 0.321 e.